The van der Waals surface area contributed by atoms with Gasteiger partial charge in [0.2, 0.25) is 5.13 Å². The van der Waals surface area contributed by atoms with Crippen molar-refractivity contribution < 1.29 is 4.79 Å². The zero-order valence-corrected chi connectivity index (χ0v) is 18.4. The van der Waals surface area contributed by atoms with Crippen LogP contribution in [0.15, 0.2) is 46.8 Å². The third-order valence-corrected chi connectivity index (χ3v) is 7.91. The zero-order chi connectivity index (χ0) is 19.7. The first-order valence-electron chi connectivity index (χ1n) is 8.52. The molecule has 0 saturated heterocycles. The summed E-state index contributed by atoms with van der Waals surface area (Å²) in [6, 6.07) is 14.2. The smallest absolute Gasteiger partial charge is 0.269 e. The molecule has 2 aromatic heterocycles. The number of hydrogen-bond donors (Lipinski definition) is 1. The highest BCUT2D eigenvalue weighted by atomic mass is 35.5. The minimum absolute atomic E-state index is 0.254. The second-order valence-electron chi connectivity index (χ2n) is 6.29. The zero-order valence-electron chi connectivity index (χ0n) is 15.2. The molecular formula is C20H16ClN3OS3. The molecule has 0 radical (unpaired) electrons. The largest absolute Gasteiger partial charge is 0.296 e. The first kappa shape index (κ1) is 19.4. The third-order valence-electron chi connectivity index (χ3n) is 4.23. The molecule has 0 unspecified atom stereocenters. The van der Waals surface area contributed by atoms with E-state index in [-0.39, 0.29) is 5.91 Å². The topological polar surface area (TPSA) is 54.9 Å². The molecule has 28 heavy (non-hydrogen) atoms. The number of nitrogens with zero attached hydrogens (tertiary/aromatic N) is 2. The lowest BCUT2D eigenvalue weighted by molar-refractivity contribution is 0.103. The molecule has 0 atom stereocenters. The summed E-state index contributed by atoms with van der Waals surface area (Å²) in [7, 11) is 0. The van der Waals surface area contributed by atoms with Crippen LogP contribution in [0.25, 0.3) is 10.1 Å². The molecule has 4 nitrogen and oxygen atoms in total. The average molecular weight is 446 g/mol. The van der Waals surface area contributed by atoms with E-state index in [0.29, 0.717) is 15.0 Å². The summed E-state index contributed by atoms with van der Waals surface area (Å²) in [5.74, 6) is 0.562. The number of thioether (sulfide) groups is 1. The second kappa shape index (κ2) is 8.21. The van der Waals surface area contributed by atoms with Gasteiger partial charge in [-0.2, -0.15) is 0 Å². The van der Waals surface area contributed by atoms with Crippen LogP contribution in [0, 0.1) is 13.8 Å². The van der Waals surface area contributed by atoms with Gasteiger partial charge < -0.3 is 0 Å². The number of aryl methyl sites for hydroxylation is 2. The lowest BCUT2D eigenvalue weighted by atomic mass is 10.1. The summed E-state index contributed by atoms with van der Waals surface area (Å²) < 4.78 is 1.82. The van der Waals surface area contributed by atoms with Crippen molar-refractivity contribution in [2.45, 2.75) is 23.9 Å². The first-order valence-corrected chi connectivity index (χ1v) is 11.5. The van der Waals surface area contributed by atoms with Gasteiger partial charge in [0.25, 0.3) is 5.91 Å². The highest BCUT2D eigenvalue weighted by Gasteiger charge is 2.19. The number of benzene rings is 2. The second-order valence-corrected chi connectivity index (χ2v) is 9.92. The van der Waals surface area contributed by atoms with Crippen LogP contribution in [0.3, 0.4) is 0 Å². The van der Waals surface area contributed by atoms with Gasteiger partial charge in [-0.15, -0.1) is 21.5 Å². The van der Waals surface area contributed by atoms with Crippen LogP contribution in [0.2, 0.25) is 5.02 Å². The summed E-state index contributed by atoms with van der Waals surface area (Å²) >= 11 is 10.8. The van der Waals surface area contributed by atoms with E-state index < -0.39 is 0 Å². The molecule has 0 aliphatic carbocycles. The maximum atomic E-state index is 12.7. The molecular weight excluding hydrogens is 430 g/mol. The molecule has 142 valence electrons. The number of nitrogens with one attached hydrogen (secondary N) is 1. The number of hydrogen-bond acceptors (Lipinski definition) is 6. The van der Waals surface area contributed by atoms with Crippen molar-refractivity contribution in [2.75, 3.05) is 5.32 Å². The van der Waals surface area contributed by atoms with E-state index in [1.807, 2.05) is 37.3 Å². The van der Waals surface area contributed by atoms with E-state index in [1.54, 1.807) is 11.8 Å². The van der Waals surface area contributed by atoms with Gasteiger partial charge >= 0.3 is 0 Å². The highest BCUT2D eigenvalue weighted by molar-refractivity contribution is 8.00. The molecule has 4 aromatic rings. The van der Waals surface area contributed by atoms with Crippen molar-refractivity contribution in [1.29, 1.82) is 0 Å². The van der Waals surface area contributed by atoms with Crippen LogP contribution in [0.4, 0.5) is 5.13 Å². The van der Waals surface area contributed by atoms with Crippen LogP contribution in [0.5, 0.6) is 0 Å². The number of carbonyl (C=O) groups is 1. The van der Waals surface area contributed by atoms with Crippen molar-refractivity contribution in [1.82, 2.24) is 10.2 Å². The fourth-order valence-electron chi connectivity index (χ4n) is 2.70. The van der Waals surface area contributed by atoms with Gasteiger partial charge in [-0.1, -0.05) is 71.1 Å². The Bertz CT molecular complexity index is 1170. The molecule has 4 rings (SSSR count). The van der Waals surface area contributed by atoms with Crippen LogP contribution < -0.4 is 5.32 Å². The molecule has 1 N–H and O–H groups in total. The highest BCUT2D eigenvalue weighted by Crippen LogP contribution is 2.36. The van der Waals surface area contributed by atoms with Crippen molar-refractivity contribution >= 4 is 67.2 Å². The Labute approximate surface area is 180 Å². The Morgan fingerprint density at radius 2 is 1.96 bits per heavy atom. The summed E-state index contributed by atoms with van der Waals surface area (Å²) in [4.78, 5) is 13.2. The predicted molar refractivity (Wildman–Crippen MR) is 120 cm³/mol. The van der Waals surface area contributed by atoms with Gasteiger partial charge in [-0.3, -0.25) is 10.1 Å². The van der Waals surface area contributed by atoms with Gasteiger partial charge in [0, 0.05) is 15.8 Å². The number of thiophene rings is 1. The molecule has 0 bridgehead atoms. The molecule has 0 aliphatic heterocycles. The molecule has 0 spiro atoms. The molecule has 0 aliphatic rings. The maximum absolute atomic E-state index is 12.7. The Hall–Kier alpha value is -1.93. The number of aromatic nitrogens is 2. The number of anilines is 1. The van der Waals surface area contributed by atoms with Crippen molar-refractivity contribution in [3.63, 3.8) is 0 Å². The molecule has 2 heterocycles. The van der Waals surface area contributed by atoms with Gasteiger partial charge in [0.1, 0.15) is 4.88 Å². The average Bonchev–Trinajstić information content (AvgIpc) is 3.25. The Kier molecular flexibility index (Phi) is 5.68. The monoisotopic (exact) mass is 445 g/mol. The lowest BCUT2D eigenvalue weighted by Crippen LogP contribution is -2.10. The fourth-order valence-corrected chi connectivity index (χ4v) is 6.04. The van der Waals surface area contributed by atoms with E-state index in [4.69, 9.17) is 11.6 Å². The normalized spacial score (nSPS) is 11.1. The fraction of sp³-hybridized carbons (Fsp3) is 0.150. The minimum Gasteiger partial charge on any atom is -0.296 e. The van der Waals surface area contributed by atoms with E-state index in [2.05, 4.69) is 34.6 Å². The quantitative estimate of drug-likeness (QED) is 0.279. The molecule has 1 amide bonds. The lowest BCUT2D eigenvalue weighted by Gasteiger charge is -2.02. The van der Waals surface area contributed by atoms with Crippen LogP contribution in [-0.2, 0) is 5.75 Å². The number of rotatable bonds is 5. The Morgan fingerprint density at radius 3 is 2.79 bits per heavy atom. The van der Waals surface area contributed by atoms with Crippen LogP contribution in [-0.4, -0.2) is 16.1 Å². The van der Waals surface area contributed by atoms with E-state index >= 15 is 0 Å². The molecule has 2 aromatic carbocycles. The van der Waals surface area contributed by atoms with Crippen molar-refractivity contribution in [3.05, 3.63) is 69.1 Å². The summed E-state index contributed by atoms with van der Waals surface area (Å²) in [5, 5.41) is 12.9. The number of halogens is 1. The minimum atomic E-state index is -0.254. The van der Waals surface area contributed by atoms with Crippen molar-refractivity contribution in [2.24, 2.45) is 0 Å². The summed E-state index contributed by atoms with van der Waals surface area (Å²) in [6.45, 7) is 4.11. The van der Waals surface area contributed by atoms with Crippen LogP contribution >= 0.6 is 46.0 Å². The summed E-state index contributed by atoms with van der Waals surface area (Å²) in [6.07, 6.45) is 0. The van der Waals surface area contributed by atoms with Gasteiger partial charge in [0.15, 0.2) is 4.34 Å². The summed E-state index contributed by atoms with van der Waals surface area (Å²) in [5.41, 5.74) is 3.65. The van der Waals surface area contributed by atoms with Crippen molar-refractivity contribution in [3.8, 4) is 0 Å². The predicted octanol–water partition coefficient (Wildman–Crippen LogP) is 6.57. The third kappa shape index (κ3) is 4.07. The molecule has 0 fully saturated rings. The van der Waals surface area contributed by atoms with Gasteiger partial charge in [-0.25, -0.2) is 0 Å². The van der Waals surface area contributed by atoms with E-state index in [0.717, 1.165) is 25.7 Å². The Morgan fingerprint density at radius 1 is 1.14 bits per heavy atom. The van der Waals surface area contributed by atoms with Gasteiger partial charge in [-0.05, 0) is 36.6 Å². The van der Waals surface area contributed by atoms with Gasteiger partial charge in [0.05, 0.1) is 5.02 Å². The standard InChI is InChI=1S/C20H16ClN3OS3/c1-11-7-8-14-15(9-11)27-17(16(14)21)18(25)22-19-23-24-20(28-19)26-10-13-6-4-3-5-12(13)2/h3-9H,10H2,1-2H3,(H,22,23,25). The molecule has 0 saturated carbocycles. The van der Waals surface area contributed by atoms with E-state index in [1.165, 1.54) is 33.8 Å². The Balaban J connectivity index is 1.46. The number of fused-ring (bicyclic) bond motifs is 1. The van der Waals surface area contributed by atoms with E-state index in [9.17, 15) is 4.79 Å². The SMILES string of the molecule is Cc1ccc2c(Cl)c(C(=O)Nc3nnc(SCc4ccccc4C)s3)sc2c1. The van der Waals surface area contributed by atoms with Crippen LogP contribution in [0.1, 0.15) is 26.4 Å². The number of carbonyl (C=O) groups excluding carboxylic acids is 1. The maximum Gasteiger partial charge on any atom is 0.269 e. The first-order chi connectivity index (χ1) is 13.5. The molecule has 8 heteroatoms. The number of amides is 1.